The Morgan fingerprint density at radius 2 is 0.935 bits per heavy atom. The Bertz CT molecular complexity index is 1080. The normalized spacial score (nSPS) is 11.2. The summed E-state index contributed by atoms with van der Waals surface area (Å²) in [4.78, 5) is 0. The SMILES string of the molecule is Cc1cc(OC(Oc2ccc(N)c(C)c2)(c2ccccc2)c2ccccc2)ccc1N. The molecule has 0 radical (unpaired) electrons. The largest absolute Gasteiger partial charge is 0.444 e. The van der Waals surface area contributed by atoms with E-state index < -0.39 is 5.79 Å². The Morgan fingerprint density at radius 1 is 0.548 bits per heavy atom. The summed E-state index contributed by atoms with van der Waals surface area (Å²) >= 11 is 0. The fraction of sp³-hybridized carbons (Fsp3) is 0.111. The number of benzene rings is 4. The van der Waals surface area contributed by atoms with Crippen LogP contribution in [0.1, 0.15) is 22.3 Å². The van der Waals surface area contributed by atoms with Gasteiger partial charge in [-0.1, -0.05) is 60.7 Å². The second kappa shape index (κ2) is 8.44. The summed E-state index contributed by atoms with van der Waals surface area (Å²) in [5.74, 6) is 0.103. The third kappa shape index (κ3) is 4.19. The molecule has 31 heavy (non-hydrogen) atoms. The van der Waals surface area contributed by atoms with E-state index >= 15 is 0 Å². The zero-order chi connectivity index (χ0) is 21.8. The molecule has 0 aliphatic carbocycles. The Hall–Kier alpha value is -3.92. The molecular weight excluding hydrogens is 384 g/mol. The molecule has 4 aromatic carbocycles. The molecule has 0 saturated carbocycles. The maximum absolute atomic E-state index is 6.68. The fourth-order valence-electron chi connectivity index (χ4n) is 3.49. The fourth-order valence-corrected chi connectivity index (χ4v) is 3.49. The molecule has 0 heterocycles. The van der Waals surface area contributed by atoms with Gasteiger partial charge in [-0.2, -0.15) is 0 Å². The molecule has 0 aliphatic heterocycles. The van der Waals surface area contributed by atoms with Gasteiger partial charge in [0.2, 0.25) is 0 Å². The first-order chi connectivity index (χ1) is 15.0. The zero-order valence-electron chi connectivity index (χ0n) is 17.7. The third-order valence-electron chi connectivity index (χ3n) is 5.31. The lowest BCUT2D eigenvalue weighted by Gasteiger charge is -2.36. The summed E-state index contributed by atoms with van der Waals surface area (Å²) in [7, 11) is 0. The van der Waals surface area contributed by atoms with Crippen LogP contribution in [0.15, 0.2) is 97.1 Å². The van der Waals surface area contributed by atoms with Crippen molar-refractivity contribution >= 4 is 11.4 Å². The van der Waals surface area contributed by atoms with Crippen LogP contribution in [-0.2, 0) is 5.79 Å². The average Bonchev–Trinajstić information content (AvgIpc) is 2.79. The molecule has 156 valence electrons. The second-order valence-corrected chi connectivity index (χ2v) is 7.59. The lowest BCUT2D eigenvalue weighted by atomic mass is 9.96. The number of ether oxygens (including phenoxy) is 2. The van der Waals surface area contributed by atoms with Gasteiger partial charge in [0.1, 0.15) is 11.5 Å². The van der Waals surface area contributed by atoms with E-state index in [4.69, 9.17) is 20.9 Å². The van der Waals surface area contributed by atoms with Crippen LogP contribution in [-0.4, -0.2) is 0 Å². The number of rotatable bonds is 6. The maximum atomic E-state index is 6.68. The van der Waals surface area contributed by atoms with E-state index in [1.165, 1.54) is 0 Å². The summed E-state index contributed by atoms with van der Waals surface area (Å²) in [6.07, 6.45) is 0. The van der Waals surface area contributed by atoms with Crippen LogP contribution in [0, 0.1) is 13.8 Å². The number of anilines is 2. The highest BCUT2D eigenvalue weighted by Gasteiger charge is 2.40. The Kier molecular flexibility index (Phi) is 5.54. The third-order valence-corrected chi connectivity index (χ3v) is 5.31. The summed E-state index contributed by atoms with van der Waals surface area (Å²) in [5, 5.41) is 0. The first-order valence-electron chi connectivity index (χ1n) is 10.2. The Balaban J connectivity index is 1.91. The highest BCUT2D eigenvalue weighted by Crippen LogP contribution is 2.38. The van der Waals surface area contributed by atoms with Crippen molar-refractivity contribution in [2.75, 3.05) is 11.5 Å². The smallest absolute Gasteiger partial charge is 0.305 e. The molecule has 4 nitrogen and oxygen atoms in total. The second-order valence-electron chi connectivity index (χ2n) is 7.59. The maximum Gasteiger partial charge on any atom is 0.305 e. The summed E-state index contributed by atoms with van der Waals surface area (Å²) in [6.45, 7) is 3.91. The molecule has 0 bridgehead atoms. The highest BCUT2D eigenvalue weighted by molar-refractivity contribution is 5.52. The van der Waals surface area contributed by atoms with E-state index in [2.05, 4.69) is 0 Å². The summed E-state index contributed by atoms with van der Waals surface area (Å²) < 4.78 is 13.4. The molecule has 0 aromatic heterocycles. The molecule has 0 atom stereocenters. The molecule has 4 N–H and O–H groups in total. The molecule has 4 aromatic rings. The predicted molar refractivity (Wildman–Crippen MR) is 126 cm³/mol. The molecule has 0 unspecified atom stereocenters. The lowest BCUT2D eigenvalue weighted by Crippen LogP contribution is -2.41. The molecule has 0 saturated heterocycles. The molecule has 0 fully saturated rings. The molecule has 0 aliphatic rings. The number of nitrogens with two attached hydrogens (primary N) is 2. The van der Waals surface area contributed by atoms with Crippen LogP contribution in [0.2, 0.25) is 0 Å². The first-order valence-corrected chi connectivity index (χ1v) is 10.2. The molecule has 0 spiro atoms. The number of hydrogen-bond acceptors (Lipinski definition) is 4. The van der Waals surface area contributed by atoms with Crippen LogP contribution < -0.4 is 20.9 Å². The summed E-state index contributed by atoms with van der Waals surface area (Å²) in [6, 6.07) is 31.1. The van der Waals surface area contributed by atoms with Gasteiger partial charge in [0.25, 0.3) is 0 Å². The van der Waals surface area contributed by atoms with Gasteiger partial charge in [-0.05, 0) is 61.4 Å². The van der Waals surface area contributed by atoms with Crippen molar-refractivity contribution < 1.29 is 9.47 Å². The van der Waals surface area contributed by atoms with Crippen LogP contribution in [0.4, 0.5) is 11.4 Å². The van der Waals surface area contributed by atoms with Crippen molar-refractivity contribution in [1.29, 1.82) is 0 Å². The van der Waals surface area contributed by atoms with Crippen LogP contribution in [0.5, 0.6) is 11.5 Å². The number of hydrogen-bond donors (Lipinski definition) is 2. The van der Waals surface area contributed by atoms with E-state index in [9.17, 15) is 0 Å². The van der Waals surface area contributed by atoms with Gasteiger partial charge in [-0.3, -0.25) is 0 Å². The monoisotopic (exact) mass is 410 g/mol. The quantitative estimate of drug-likeness (QED) is 0.310. The van der Waals surface area contributed by atoms with Gasteiger partial charge in [0.05, 0.1) is 0 Å². The van der Waals surface area contributed by atoms with E-state index in [-0.39, 0.29) is 0 Å². The first kappa shape index (κ1) is 20.4. The number of aryl methyl sites for hydroxylation is 2. The van der Waals surface area contributed by atoms with Crippen LogP contribution >= 0.6 is 0 Å². The van der Waals surface area contributed by atoms with E-state index in [1.807, 2.05) is 111 Å². The molecule has 0 amide bonds. The highest BCUT2D eigenvalue weighted by atomic mass is 16.7. The predicted octanol–water partition coefficient (Wildman–Crippen LogP) is 5.83. The van der Waals surface area contributed by atoms with Gasteiger partial charge < -0.3 is 20.9 Å². The van der Waals surface area contributed by atoms with Gasteiger partial charge in [-0.15, -0.1) is 0 Å². The van der Waals surface area contributed by atoms with Crippen molar-refractivity contribution in [3.05, 3.63) is 119 Å². The minimum absolute atomic E-state index is 0.659. The average molecular weight is 411 g/mol. The minimum atomic E-state index is -1.21. The topological polar surface area (TPSA) is 70.5 Å². The van der Waals surface area contributed by atoms with Crippen LogP contribution in [0.25, 0.3) is 0 Å². The van der Waals surface area contributed by atoms with E-state index in [0.717, 1.165) is 22.3 Å². The van der Waals surface area contributed by atoms with E-state index in [0.29, 0.717) is 22.9 Å². The van der Waals surface area contributed by atoms with Gasteiger partial charge in [-0.25, -0.2) is 0 Å². The van der Waals surface area contributed by atoms with E-state index in [1.54, 1.807) is 0 Å². The number of nitrogen functional groups attached to an aromatic ring is 2. The van der Waals surface area contributed by atoms with Crippen molar-refractivity contribution in [1.82, 2.24) is 0 Å². The zero-order valence-corrected chi connectivity index (χ0v) is 17.7. The standard InChI is InChI=1S/C27H26N2O2/c1-19-17-23(13-15-25(19)28)30-27(21-9-5-3-6-10-21,22-11-7-4-8-12-22)31-24-14-16-26(29)20(2)18-24/h3-18H,28-29H2,1-2H3. The molecule has 4 heteroatoms. The van der Waals surface area contributed by atoms with Gasteiger partial charge in [0.15, 0.2) is 0 Å². The van der Waals surface area contributed by atoms with Crippen molar-refractivity contribution in [3.63, 3.8) is 0 Å². The molecule has 4 rings (SSSR count). The van der Waals surface area contributed by atoms with Crippen LogP contribution in [0.3, 0.4) is 0 Å². The molecular formula is C27H26N2O2. The Labute approximate surface area is 183 Å². The summed E-state index contributed by atoms with van der Waals surface area (Å²) in [5.41, 5.74) is 17.1. The van der Waals surface area contributed by atoms with Crippen molar-refractivity contribution in [2.45, 2.75) is 19.6 Å². The van der Waals surface area contributed by atoms with Gasteiger partial charge in [0, 0.05) is 22.5 Å². The van der Waals surface area contributed by atoms with Gasteiger partial charge >= 0.3 is 5.79 Å². The minimum Gasteiger partial charge on any atom is -0.444 e. The van der Waals surface area contributed by atoms with Crippen molar-refractivity contribution in [2.24, 2.45) is 0 Å². The Morgan fingerprint density at radius 3 is 1.29 bits per heavy atom. The lowest BCUT2D eigenvalue weighted by molar-refractivity contribution is -0.0844. The van der Waals surface area contributed by atoms with Crippen molar-refractivity contribution in [3.8, 4) is 11.5 Å².